The van der Waals surface area contributed by atoms with E-state index >= 15 is 0 Å². The minimum absolute atomic E-state index is 0.0506. The summed E-state index contributed by atoms with van der Waals surface area (Å²) in [5.41, 5.74) is 3.43. The fourth-order valence-electron chi connectivity index (χ4n) is 3.72. The lowest BCUT2D eigenvalue weighted by molar-refractivity contribution is -0.192. The molecule has 3 rings (SSSR count). The molecular weight excluding hydrogens is 488 g/mol. The molecule has 2 aliphatic rings. The standard InChI is InChI=1S/C19H25F6N7O3/c20-18(21,22)12-9-27-17(28-10-12)32-5-3-31(4-6-32)14(33)1-7-35-8-2-26-13-11-29-30-16(34)15(13)19(23,24)25/h9-10,13,15,26,29H,1-8,11H2,(H,30,34). The van der Waals surface area contributed by atoms with Gasteiger partial charge in [0.2, 0.25) is 17.8 Å². The van der Waals surface area contributed by atoms with E-state index in [4.69, 9.17) is 4.74 Å². The molecule has 3 heterocycles. The van der Waals surface area contributed by atoms with Crippen LogP contribution in [0, 0.1) is 5.92 Å². The molecule has 2 atom stereocenters. The SMILES string of the molecule is O=C1NNCC(NCCOCCC(=O)N2CCN(c3ncc(C(F)(F)F)cn3)CC2)C1C(F)(F)F. The van der Waals surface area contributed by atoms with E-state index in [-0.39, 0.29) is 44.6 Å². The second-order valence-electron chi connectivity index (χ2n) is 7.95. The summed E-state index contributed by atoms with van der Waals surface area (Å²) < 4.78 is 82.4. The van der Waals surface area contributed by atoms with Gasteiger partial charge < -0.3 is 19.9 Å². The Kier molecular flexibility index (Phi) is 8.71. The van der Waals surface area contributed by atoms with Gasteiger partial charge in [-0.15, -0.1) is 0 Å². The van der Waals surface area contributed by atoms with Crippen LogP contribution in [-0.4, -0.2) is 91.4 Å². The van der Waals surface area contributed by atoms with Gasteiger partial charge in [0.1, 0.15) is 0 Å². The van der Waals surface area contributed by atoms with Crippen LogP contribution < -0.4 is 21.1 Å². The number of aromatic nitrogens is 2. The average molecular weight is 513 g/mol. The fourth-order valence-corrected chi connectivity index (χ4v) is 3.72. The first-order chi connectivity index (χ1) is 16.5. The van der Waals surface area contributed by atoms with Crippen molar-refractivity contribution in [1.82, 2.24) is 31.0 Å². The highest BCUT2D eigenvalue weighted by molar-refractivity contribution is 5.80. The van der Waals surface area contributed by atoms with Crippen molar-refractivity contribution in [1.29, 1.82) is 0 Å². The van der Waals surface area contributed by atoms with Crippen LogP contribution in [0.1, 0.15) is 12.0 Å². The third-order valence-corrected chi connectivity index (χ3v) is 5.56. The van der Waals surface area contributed by atoms with Gasteiger partial charge in [0.25, 0.3) is 0 Å². The number of carbonyl (C=O) groups is 2. The molecule has 0 saturated carbocycles. The zero-order valence-corrected chi connectivity index (χ0v) is 18.5. The molecule has 0 aromatic carbocycles. The number of hydrazine groups is 1. The smallest absolute Gasteiger partial charge is 0.380 e. The maximum absolute atomic E-state index is 13.1. The van der Waals surface area contributed by atoms with Crippen LogP contribution >= 0.6 is 0 Å². The number of ether oxygens (including phenoxy) is 1. The molecule has 1 aromatic rings. The highest BCUT2D eigenvalue weighted by atomic mass is 19.4. The highest BCUT2D eigenvalue weighted by Gasteiger charge is 2.51. The normalized spacial score (nSPS) is 21.7. The van der Waals surface area contributed by atoms with Gasteiger partial charge in [0, 0.05) is 57.7 Å². The van der Waals surface area contributed by atoms with Crippen molar-refractivity contribution in [3.63, 3.8) is 0 Å². The monoisotopic (exact) mass is 513 g/mol. The van der Waals surface area contributed by atoms with Crippen molar-refractivity contribution in [2.75, 3.05) is 57.4 Å². The molecule has 16 heteroatoms. The number of hydrogen-bond donors (Lipinski definition) is 3. The summed E-state index contributed by atoms with van der Waals surface area (Å²) >= 11 is 0. The van der Waals surface area contributed by atoms with Crippen LogP contribution in [0.2, 0.25) is 0 Å². The number of piperazine rings is 1. The summed E-state index contributed by atoms with van der Waals surface area (Å²) in [6, 6.07) is -1.14. The predicted octanol–water partition coefficient (Wildman–Crippen LogP) is 0.322. The Labute approximate surface area is 196 Å². The van der Waals surface area contributed by atoms with Gasteiger partial charge in [0.05, 0.1) is 25.2 Å². The van der Waals surface area contributed by atoms with E-state index in [1.807, 2.05) is 5.43 Å². The molecule has 3 N–H and O–H groups in total. The Hall–Kier alpha value is -2.72. The number of hydrogen-bond acceptors (Lipinski definition) is 8. The molecule has 35 heavy (non-hydrogen) atoms. The van der Waals surface area contributed by atoms with Gasteiger partial charge in [-0.05, 0) is 0 Å². The maximum Gasteiger partial charge on any atom is 0.419 e. The maximum atomic E-state index is 13.1. The molecule has 2 amide bonds. The van der Waals surface area contributed by atoms with E-state index in [2.05, 4.69) is 20.7 Å². The topological polar surface area (TPSA) is 112 Å². The molecule has 2 aliphatic heterocycles. The van der Waals surface area contributed by atoms with Crippen molar-refractivity contribution >= 4 is 17.8 Å². The second kappa shape index (κ2) is 11.3. The molecule has 2 unspecified atom stereocenters. The largest absolute Gasteiger partial charge is 0.419 e. The van der Waals surface area contributed by atoms with Gasteiger partial charge in [0.15, 0.2) is 5.92 Å². The van der Waals surface area contributed by atoms with Crippen molar-refractivity contribution in [2.24, 2.45) is 5.92 Å². The van der Waals surface area contributed by atoms with Crippen molar-refractivity contribution in [3.8, 4) is 0 Å². The van der Waals surface area contributed by atoms with Gasteiger partial charge in [-0.2, -0.15) is 26.3 Å². The van der Waals surface area contributed by atoms with Gasteiger partial charge in [-0.1, -0.05) is 0 Å². The van der Waals surface area contributed by atoms with E-state index in [1.54, 1.807) is 9.80 Å². The highest BCUT2D eigenvalue weighted by Crippen LogP contribution is 2.30. The molecule has 0 spiro atoms. The summed E-state index contributed by atoms with van der Waals surface area (Å²) in [6.07, 6.45) is -7.70. The third kappa shape index (κ3) is 7.38. The molecule has 0 radical (unpaired) electrons. The Morgan fingerprint density at radius 3 is 2.34 bits per heavy atom. The van der Waals surface area contributed by atoms with Crippen molar-refractivity contribution in [3.05, 3.63) is 18.0 Å². The van der Waals surface area contributed by atoms with E-state index in [0.717, 1.165) is 12.4 Å². The molecule has 0 aliphatic carbocycles. The van der Waals surface area contributed by atoms with E-state index in [9.17, 15) is 35.9 Å². The number of amides is 2. The Balaban J connectivity index is 1.32. The number of nitrogens with zero attached hydrogens (tertiary/aromatic N) is 4. The minimum atomic E-state index is -4.68. The minimum Gasteiger partial charge on any atom is -0.380 e. The van der Waals surface area contributed by atoms with Crippen LogP contribution in [0.5, 0.6) is 0 Å². The van der Waals surface area contributed by atoms with E-state index in [0.29, 0.717) is 26.2 Å². The first kappa shape index (κ1) is 26.9. The molecule has 196 valence electrons. The van der Waals surface area contributed by atoms with Crippen LogP contribution in [0.3, 0.4) is 0 Å². The number of nitrogens with one attached hydrogen (secondary N) is 3. The Morgan fingerprint density at radius 1 is 1.09 bits per heavy atom. The first-order valence-electron chi connectivity index (χ1n) is 10.8. The second-order valence-corrected chi connectivity index (χ2v) is 7.95. The van der Waals surface area contributed by atoms with Crippen LogP contribution in [0.15, 0.2) is 12.4 Å². The van der Waals surface area contributed by atoms with Crippen LogP contribution in [0.4, 0.5) is 32.3 Å². The average Bonchev–Trinajstić information content (AvgIpc) is 2.80. The van der Waals surface area contributed by atoms with E-state index in [1.165, 1.54) is 0 Å². The van der Waals surface area contributed by atoms with Gasteiger partial charge in [-0.3, -0.25) is 15.0 Å². The fraction of sp³-hybridized carbons (Fsp3) is 0.684. The van der Waals surface area contributed by atoms with Crippen LogP contribution in [-0.2, 0) is 20.5 Å². The molecule has 2 fully saturated rings. The summed E-state index contributed by atoms with van der Waals surface area (Å²) in [5, 5.41) is 2.65. The number of rotatable bonds is 8. The molecule has 10 nitrogen and oxygen atoms in total. The summed E-state index contributed by atoms with van der Waals surface area (Å²) in [7, 11) is 0. The summed E-state index contributed by atoms with van der Waals surface area (Å²) in [6.45, 7) is 1.45. The van der Waals surface area contributed by atoms with E-state index < -0.39 is 35.8 Å². The summed E-state index contributed by atoms with van der Waals surface area (Å²) in [4.78, 5) is 34.6. The third-order valence-electron chi connectivity index (χ3n) is 5.56. The molecular formula is C19H25F6N7O3. The zero-order valence-electron chi connectivity index (χ0n) is 18.5. The first-order valence-corrected chi connectivity index (χ1v) is 10.8. The molecule has 0 bridgehead atoms. The van der Waals surface area contributed by atoms with Crippen LogP contribution in [0.25, 0.3) is 0 Å². The van der Waals surface area contributed by atoms with Gasteiger partial charge >= 0.3 is 12.4 Å². The number of halogens is 6. The number of anilines is 1. The van der Waals surface area contributed by atoms with Crippen molar-refractivity contribution < 1.29 is 40.7 Å². The molecule has 2 saturated heterocycles. The lowest BCUT2D eigenvalue weighted by Crippen LogP contribution is -2.63. The molecule has 1 aromatic heterocycles. The predicted molar refractivity (Wildman–Crippen MR) is 109 cm³/mol. The quantitative estimate of drug-likeness (QED) is 0.337. The van der Waals surface area contributed by atoms with Crippen molar-refractivity contribution in [2.45, 2.75) is 24.8 Å². The summed E-state index contributed by atoms with van der Waals surface area (Å²) in [5.74, 6) is -3.36. The number of alkyl halides is 6. The Bertz CT molecular complexity index is 860. The van der Waals surface area contributed by atoms with Gasteiger partial charge in [-0.25, -0.2) is 15.4 Å². The lowest BCUT2D eigenvalue weighted by atomic mass is 9.96. The number of carbonyl (C=O) groups excluding carboxylic acids is 2. The lowest BCUT2D eigenvalue weighted by Gasteiger charge is -2.34. The Morgan fingerprint density at radius 2 is 1.74 bits per heavy atom. The zero-order chi connectivity index (χ0) is 25.6.